The third kappa shape index (κ3) is 2.00. The fraction of sp³-hybridized carbons (Fsp3) is 0.273. The van der Waals surface area contributed by atoms with Gasteiger partial charge in [-0.1, -0.05) is 12.1 Å². The molecule has 0 spiro atoms. The predicted octanol–water partition coefficient (Wildman–Crippen LogP) is -0.591. The van der Waals surface area contributed by atoms with Crippen LogP contribution in [0.15, 0.2) is 18.2 Å². The summed E-state index contributed by atoms with van der Waals surface area (Å²) < 4.78 is 0. The van der Waals surface area contributed by atoms with Gasteiger partial charge in [0.05, 0.1) is 0 Å². The van der Waals surface area contributed by atoms with E-state index in [1.807, 2.05) is 0 Å². The van der Waals surface area contributed by atoms with Crippen molar-refractivity contribution in [1.82, 2.24) is 5.32 Å². The Labute approximate surface area is 96.5 Å². The number of benzene rings is 1. The van der Waals surface area contributed by atoms with Crippen molar-refractivity contribution in [3.63, 3.8) is 0 Å². The number of carboxylic acid groups (broad SMARTS) is 1. The van der Waals surface area contributed by atoms with Crippen molar-refractivity contribution in [2.75, 3.05) is 0 Å². The molecular weight excluding hydrogens is 226 g/mol. The van der Waals surface area contributed by atoms with E-state index < -0.39 is 18.2 Å². The van der Waals surface area contributed by atoms with Gasteiger partial charge < -0.3 is 20.6 Å². The van der Waals surface area contributed by atoms with Gasteiger partial charge in [-0.15, -0.1) is 0 Å². The van der Waals surface area contributed by atoms with Crippen molar-refractivity contribution in [2.24, 2.45) is 0 Å². The van der Waals surface area contributed by atoms with Gasteiger partial charge in [-0.2, -0.15) is 0 Å². The quantitative estimate of drug-likeness (QED) is 0.562. The van der Waals surface area contributed by atoms with Crippen molar-refractivity contribution in [3.05, 3.63) is 34.9 Å². The molecule has 6 heteroatoms. The summed E-state index contributed by atoms with van der Waals surface area (Å²) in [6, 6.07) is 4.45. The number of carboxylic acids is 1. The van der Waals surface area contributed by atoms with Gasteiger partial charge in [0.1, 0.15) is 6.10 Å². The van der Waals surface area contributed by atoms with Crippen LogP contribution in [0.2, 0.25) is 0 Å². The van der Waals surface area contributed by atoms with Gasteiger partial charge in [0.2, 0.25) is 0 Å². The zero-order valence-corrected chi connectivity index (χ0v) is 8.75. The summed E-state index contributed by atoms with van der Waals surface area (Å²) in [5, 5.41) is 30.0. The first-order valence-corrected chi connectivity index (χ1v) is 5.00. The molecule has 90 valence electrons. The summed E-state index contributed by atoms with van der Waals surface area (Å²) in [4.78, 5) is 21.8. The van der Waals surface area contributed by atoms with Gasteiger partial charge in [0, 0.05) is 12.1 Å². The molecule has 0 saturated heterocycles. The van der Waals surface area contributed by atoms with E-state index in [1.54, 1.807) is 0 Å². The van der Waals surface area contributed by atoms with Crippen molar-refractivity contribution in [2.45, 2.75) is 18.8 Å². The number of hydrogen-bond acceptors (Lipinski definition) is 4. The largest absolute Gasteiger partial charge is 0.479 e. The molecule has 1 aromatic rings. The second-order valence-corrected chi connectivity index (χ2v) is 3.83. The first-order valence-electron chi connectivity index (χ1n) is 5.00. The first kappa shape index (κ1) is 11.6. The summed E-state index contributed by atoms with van der Waals surface area (Å²) in [5.41, 5.74) is 1.46. The molecule has 17 heavy (non-hydrogen) atoms. The fourth-order valence-electron chi connectivity index (χ4n) is 1.75. The fourth-order valence-corrected chi connectivity index (χ4v) is 1.75. The molecule has 2 unspecified atom stereocenters. The molecule has 0 saturated carbocycles. The summed E-state index contributed by atoms with van der Waals surface area (Å²) in [6.07, 6.45) is -3.38. The highest BCUT2D eigenvalue weighted by molar-refractivity contribution is 5.98. The second kappa shape index (κ2) is 4.15. The van der Waals surface area contributed by atoms with E-state index in [9.17, 15) is 19.8 Å². The predicted molar refractivity (Wildman–Crippen MR) is 56.2 cm³/mol. The molecule has 6 nitrogen and oxygen atoms in total. The van der Waals surface area contributed by atoms with E-state index >= 15 is 0 Å². The van der Waals surface area contributed by atoms with Crippen LogP contribution in [0.4, 0.5) is 0 Å². The molecular formula is C11H11NO5. The zero-order valence-electron chi connectivity index (χ0n) is 8.75. The molecule has 0 aromatic heterocycles. The van der Waals surface area contributed by atoms with Gasteiger partial charge in [0.15, 0.2) is 6.10 Å². The average molecular weight is 237 g/mol. The Morgan fingerprint density at radius 3 is 2.71 bits per heavy atom. The second-order valence-electron chi connectivity index (χ2n) is 3.83. The summed E-state index contributed by atoms with van der Waals surface area (Å²) >= 11 is 0. The highest BCUT2D eigenvalue weighted by Crippen LogP contribution is 2.23. The third-order valence-electron chi connectivity index (χ3n) is 2.71. The Hall–Kier alpha value is -1.92. The number of fused-ring (bicyclic) bond motifs is 1. The number of carbonyl (C=O) groups is 2. The molecule has 0 radical (unpaired) electrons. The van der Waals surface area contributed by atoms with Crippen LogP contribution in [0.5, 0.6) is 0 Å². The maximum absolute atomic E-state index is 11.3. The van der Waals surface area contributed by atoms with Crippen molar-refractivity contribution >= 4 is 11.9 Å². The summed E-state index contributed by atoms with van der Waals surface area (Å²) in [5.74, 6) is -1.69. The van der Waals surface area contributed by atoms with E-state index in [2.05, 4.69) is 5.32 Å². The molecule has 0 bridgehead atoms. The van der Waals surface area contributed by atoms with Crippen LogP contribution in [0.1, 0.15) is 27.6 Å². The monoisotopic (exact) mass is 237 g/mol. The smallest absolute Gasteiger partial charge is 0.335 e. The van der Waals surface area contributed by atoms with Crippen molar-refractivity contribution in [3.8, 4) is 0 Å². The van der Waals surface area contributed by atoms with Crippen LogP contribution in [0.3, 0.4) is 0 Å². The number of nitrogens with one attached hydrogen (secondary N) is 1. The summed E-state index contributed by atoms with van der Waals surface area (Å²) in [6.45, 7) is 0.345. The van der Waals surface area contributed by atoms with Gasteiger partial charge >= 0.3 is 5.97 Å². The summed E-state index contributed by atoms with van der Waals surface area (Å²) in [7, 11) is 0. The lowest BCUT2D eigenvalue weighted by Gasteiger charge is -2.14. The highest BCUT2D eigenvalue weighted by atomic mass is 16.4. The minimum Gasteiger partial charge on any atom is -0.479 e. The van der Waals surface area contributed by atoms with Crippen LogP contribution >= 0.6 is 0 Å². The molecule has 4 N–H and O–H groups in total. The van der Waals surface area contributed by atoms with Crippen LogP contribution in [0.25, 0.3) is 0 Å². The molecule has 1 aliphatic heterocycles. The van der Waals surface area contributed by atoms with Crippen LogP contribution < -0.4 is 5.32 Å². The SMILES string of the molecule is O=C1NCc2cc(C(O)C(O)C(=O)O)ccc21. The number of carbonyl (C=O) groups excluding carboxylic acids is 1. The maximum Gasteiger partial charge on any atom is 0.335 e. The van der Waals surface area contributed by atoms with Gasteiger partial charge in [-0.25, -0.2) is 4.79 Å². The van der Waals surface area contributed by atoms with Crippen LogP contribution in [-0.2, 0) is 11.3 Å². The molecule has 1 amide bonds. The van der Waals surface area contributed by atoms with Crippen molar-refractivity contribution in [1.29, 1.82) is 0 Å². The van der Waals surface area contributed by atoms with Crippen LogP contribution in [0, 0.1) is 0 Å². The molecule has 1 heterocycles. The maximum atomic E-state index is 11.3. The van der Waals surface area contributed by atoms with Gasteiger partial charge in [-0.3, -0.25) is 4.79 Å². The van der Waals surface area contributed by atoms with E-state index in [0.717, 1.165) is 0 Å². The number of amides is 1. The molecule has 1 aliphatic rings. The lowest BCUT2D eigenvalue weighted by molar-refractivity contribution is -0.153. The van der Waals surface area contributed by atoms with E-state index in [4.69, 9.17) is 5.11 Å². The number of hydrogen-bond donors (Lipinski definition) is 4. The topological polar surface area (TPSA) is 107 Å². The third-order valence-corrected chi connectivity index (χ3v) is 2.71. The van der Waals surface area contributed by atoms with Gasteiger partial charge in [-0.05, 0) is 17.2 Å². The molecule has 0 aliphatic carbocycles. The zero-order chi connectivity index (χ0) is 12.6. The number of aliphatic hydroxyl groups excluding tert-OH is 2. The normalized spacial score (nSPS) is 17.2. The first-order chi connectivity index (χ1) is 8.00. The molecule has 2 atom stereocenters. The Morgan fingerprint density at radius 2 is 2.06 bits per heavy atom. The van der Waals surface area contributed by atoms with E-state index in [1.165, 1.54) is 18.2 Å². The lowest BCUT2D eigenvalue weighted by Crippen LogP contribution is -2.27. The Morgan fingerprint density at radius 1 is 1.35 bits per heavy atom. The molecule has 0 fully saturated rings. The molecule has 1 aromatic carbocycles. The number of rotatable bonds is 3. The minimum absolute atomic E-state index is 0.195. The number of aliphatic hydroxyl groups is 2. The lowest BCUT2D eigenvalue weighted by atomic mass is 9.99. The number of aliphatic carboxylic acids is 1. The van der Waals surface area contributed by atoms with Crippen molar-refractivity contribution < 1.29 is 24.9 Å². The standard InChI is InChI=1S/C11H11NO5/c13-8(9(14)11(16)17)5-1-2-7-6(3-5)4-12-10(7)15/h1-3,8-9,13-14H,4H2,(H,12,15)(H,16,17). The van der Waals surface area contributed by atoms with Crippen LogP contribution in [-0.4, -0.2) is 33.3 Å². The Balaban J connectivity index is 2.29. The highest BCUT2D eigenvalue weighted by Gasteiger charge is 2.27. The Bertz CT molecular complexity index is 485. The van der Waals surface area contributed by atoms with Gasteiger partial charge in [0.25, 0.3) is 5.91 Å². The Kier molecular flexibility index (Phi) is 2.83. The minimum atomic E-state index is -1.88. The molecule has 2 rings (SSSR count). The van der Waals surface area contributed by atoms with E-state index in [0.29, 0.717) is 17.7 Å². The average Bonchev–Trinajstić information content (AvgIpc) is 2.68. The van der Waals surface area contributed by atoms with E-state index in [-0.39, 0.29) is 11.5 Å².